The van der Waals surface area contributed by atoms with Crippen LogP contribution in [-0.4, -0.2) is 37.5 Å². The Balaban J connectivity index is 1.54. The van der Waals surface area contributed by atoms with Gasteiger partial charge >= 0.3 is 5.97 Å². The van der Waals surface area contributed by atoms with Crippen LogP contribution in [0.1, 0.15) is 5.56 Å². The third-order valence-corrected chi connectivity index (χ3v) is 3.77. The van der Waals surface area contributed by atoms with Gasteiger partial charge in [0.15, 0.2) is 13.2 Å². The highest BCUT2D eigenvalue weighted by Gasteiger charge is 2.27. The van der Waals surface area contributed by atoms with Crippen LogP contribution < -0.4 is 15.0 Å². The summed E-state index contributed by atoms with van der Waals surface area (Å²) >= 11 is 0. The average molecular weight is 354 g/mol. The van der Waals surface area contributed by atoms with Gasteiger partial charge in [-0.15, -0.1) is 0 Å². The number of amides is 2. The molecule has 0 aromatic heterocycles. The SMILES string of the molecule is Cc1cccc(OCC(=O)OCC(=O)N2CC(=O)Nc3ccccc32)c1. The number of hydrogen-bond acceptors (Lipinski definition) is 5. The molecule has 2 aromatic carbocycles. The lowest BCUT2D eigenvalue weighted by atomic mass is 10.2. The molecule has 0 fully saturated rings. The fraction of sp³-hybridized carbons (Fsp3) is 0.211. The minimum Gasteiger partial charge on any atom is -0.482 e. The second kappa shape index (κ2) is 7.69. The van der Waals surface area contributed by atoms with E-state index in [9.17, 15) is 14.4 Å². The molecule has 0 saturated heterocycles. The van der Waals surface area contributed by atoms with Crippen LogP contribution in [0.15, 0.2) is 48.5 Å². The summed E-state index contributed by atoms with van der Waals surface area (Å²) in [6.45, 7) is 1.04. The molecule has 0 atom stereocenters. The highest BCUT2D eigenvalue weighted by molar-refractivity contribution is 6.10. The van der Waals surface area contributed by atoms with Crippen molar-refractivity contribution < 1.29 is 23.9 Å². The molecule has 1 aliphatic rings. The standard InChI is InChI=1S/C19H18N2O5/c1-13-5-4-6-14(9-13)25-12-19(24)26-11-18(23)21-10-17(22)20-15-7-2-3-8-16(15)21/h2-9H,10-12H2,1H3,(H,20,22). The van der Waals surface area contributed by atoms with Gasteiger partial charge in [-0.25, -0.2) is 4.79 Å². The van der Waals surface area contributed by atoms with E-state index in [4.69, 9.17) is 9.47 Å². The number of carbonyl (C=O) groups is 3. The Labute approximate surface area is 150 Å². The number of nitrogens with zero attached hydrogens (tertiary/aromatic N) is 1. The summed E-state index contributed by atoms with van der Waals surface area (Å²) in [6.07, 6.45) is 0. The van der Waals surface area contributed by atoms with Crippen molar-refractivity contribution in [2.75, 3.05) is 30.0 Å². The molecular weight excluding hydrogens is 336 g/mol. The minimum absolute atomic E-state index is 0.118. The number of ether oxygens (including phenoxy) is 2. The minimum atomic E-state index is -0.658. The molecule has 0 unspecified atom stereocenters. The van der Waals surface area contributed by atoms with E-state index < -0.39 is 18.5 Å². The molecule has 7 nitrogen and oxygen atoms in total. The van der Waals surface area contributed by atoms with Crippen LogP contribution in [-0.2, 0) is 19.1 Å². The van der Waals surface area contributed by atoms with Crippen LogP contribution in [0.25, 0.3) is 0 Å². The molecule has 26 heavy (non-hydrogen) atoms. The molecule has 0 spiro atoms. The number of nitrogens with one attached hydrogen (secondary N) is 1. The summed E-state index contributed by atoms with van der Waals surface area (Å²) in [5.74, 6) is -0.883. The van der Waals surface area contributed by atoms with Crippen molar-refractivity contribution in [3.05, 3.63) is 54.1 Å². The molecule has 1 aliphatic heterocycles. The van der Waals surface area contributed by atoms with Gasteiger partial charge in [-0.05, 0) is 36.8 Å². The average Bonchev–Trinajstić information content (AvgIpc) is 2.63. The van der Waals surface area contributed by atoms with E-state index in [1.165, 1.54) is 4.90 Å². The normalized spacial score (nSPS) is 12.8. The molecule has 7 heteroatoms. The van der Waals surface area contributed by atoms with E-state index in [1.807, 2.05) is 19.1 Å². The first kappa shape index (κ1) is 17.5. The van der Waals surface area contributed by atoms with E-state index in [1.54, 1.807) is 36.4 Å². The number of para-hydroxylation sites is 2. The smallest absolute Gasteiger partial charge is 0.344 e. The molecule has 0 aliphatic carbocycles. The summed E-state index contributed by atoms with van der Waals surface area (Å²) < 4.78 is 10.3. The fourth-order valence-electron chi connectivity index (χ4n) is 2.56. The third-order valence-electron chi connectivity index (χ3n) is 3.77. The Morgan fingerprint density at radius 3 is 2.73 bits per heavy atom. The summed E-state index contributed by atoms with van der Waals surface area (Å²) in [5.41, 5.74) is 2.13. The highest BCUT2D eigenvalue weighted by atomic mass is 16.6. The van der Waals surface area contributed by atoms with Crippen LogP contribution in [0.4, 0.5) is 11.4 Å². The number of rotatable bonds is 5. The molecule has 1 N–H and O–H groups in total. The molecule has 0 saturated carbocycles. The van der Waals surface area contributed by atoms with Gasteiger partial charge in [-0.2, -0.15) is 0 Å². The van der Waals surface area contributed by atoms with Crippen LogP contribution in [0, 0.1) is 6.92 Å². The van der Waals surface area contributed by atoms with Gasteiger partial charge in [0.25, 0.3) is 5.91 Å². The van der Waals surface area contributed by atoms with Crippen LogP contribution >= 0.6 is 0 Å². The van der Waals surface area contributed by atoms with Crippen molar-refractivity contribution in [1.29, 1.82) is 0 Å². The number of hydrogen-bond donors (Lipinski definition) is 1. The van der Waals surface area contributed by atoms with Crippen LogP contribution in [0.5, 0.6) is 5.75 Å². The quantitative estimate of drug-likeness (QED) is 0.829. The summed E-state index contributed by atoms with van der Waals surface area (Å²) in [6, 6.07) is 14.2. The molecule has 2 aromatic rings. The third kappa shape index (κ3) is 4.18. The summed E-state index contributed by atoms with van der Waals surface area (Å²) in [5, 5.41) is 2.69. The van der Waals surface area contributed by atoms with Gasteiger partial charge in [0.05, 0.1) is 11.4 Å². The lowest BCUT2D eigenvalue weighted by Gasteiger charge is -2.28. The highest BCUT2D eigenvalue weighted by Crippen LogP contribution is 2.28. The van der Waals surface area contributed by atoms with Crippen molar-refractivity contribution >= 4 is 29.2 Å². The van der Waals surface area contributed by atoms with E-state index in [0.29, 0.717) is 17.1 Å². The van der Waals surface area contributed by atoms with E-state index in [2.05, 4.69) is 5.32 Å². The number of esters is 1. The predicted molar refractivity (Wildman–Crippen MR) is 95.1 cm³/mol. The predicted octanol–water partition coefficient (Wildman–Crippen LogP) is 1.90. The Hall–Kier alpha value is -3.35. The van der Waals surface area contributed by atoms with E-state index in [0.717, 1.165) is 5.56 Å². The lowest BCUT2D eigenvalue weighted by Crippen LogP contribution is -2.44. The van der Waals surface area contributed by atoms with Crippen LogP contribution in [0.2, 0.25) is 0 Å². The van der Waals surface area contributed by atoms with Gasteiger partial charge in [-0.1, -0.05) is 24.3 Å². The molecule has 0 radical (unpaired) electrons. The zero-order valence-electron chi connectivity index (χ0n) is 14.2. The molecule has 1 heterocycles. The number of carbonyl (C=O) groups excluding carboxylic acids is 3. The monoisotopic (exact) mass is 354 g/mol. The van der Waals surface area contributed by atoms with Gasteiger partial charge in [0.2, 0.25) is 5.91 Å². The summed E-state index contributed by atoms with van der Waals surface area (Å²) in [4.78, 5) is 37.2. The molecule has 2 amide bonds. The maximum atomic E-state index is 12.4. The Bertz CT molecular complexity index is 849. The Morgan fingerprint density at radius 1 is 1.12 bits per heavy atom. The first-order chi connectivity index (χ1) is 12.5. The zero-order chi connectivity index (χ0) is 18.5. The molecule has 3 rings (SSSR count). The van der Waals surface area contributed by atoms with Crippen molar-refractivity contribution in [2.45, 2.75) is 6.92 Å². The molecule has 134 valence electrons. The molecular formula is C19H18N2O5. The number of aryl methyl sites for hydroxylation is 1. The summed E-state index contributed by atoms with van der Waals surface area (Å²) in [7, 11) is 0. The topological polar surface area (TPSA) is 84.9 Å². The maximum absolute atomic E-state index is 12.4. The van der Waals surface area contributed by atoms with Crippen molar-refractivity contribution in [3.8, 4) is 5.75 Å². The number of anilines is 2. The Morgan fingerprint density at radius 2 is 1.92 bits per heavy atom. The zero-order valence-corrected chi connectivity index (χ0v) is 14.2. The van der Waals surface area contributed by atoms with Gasteiger partial charge < -0.3 is 14.8 Å². The van der Waals surface area contributed by atoms with E-state index >= 15 is 0 Å². The lowest BCUT2D eigenvalue weighted by molar-refractivity contribution is -0.149. The number of fused-ring (bicyclic) bond motifs is 1. The second-order valence-electron chi connectivity index (χ2n) is 5.81. The molecule has 0 bridgehead atoms. The van der Waals surface area contributed by atoms with Crippen molar-refractivity contribution in [2.24, 2.45) is 0 Å². The van der Waals surface area contributed by atoms with E-state index in [-0.39, 0.29) is 19.1 Å². The van der Waals surface area contributed by atoms with Gasteiger partial charge in [0, 0.05) is 0 Å². The first-order valence-electron chi connectivity index (χ1n) is 8.07. The second-order valence-corrected chi connectivity index (χ2v) is 5.81. The largest absolute Gasteiger partial charge is 0.482 e. The first-order valence-corrected chi connectivity index (χ1v) is 8.07. The Kier molecular flexibility index (Phi) is 5.17. The van der Waals surface area contributed by atoms with Crippen LogP contribution in [0.3, 0.4) is 0 Å². The van der Waals surface area contributed by atoms with Gasteiger partial charge in [-0.3, -0.25) is 14.5 Å². The fourth-order valence-corrected chi connectivity index (χ4v) is 2.56. The maximum Gasteiger partial charge on any atom is 0.344 e. The van der Waals surface area contributed by atoms with Crippen molar-refractivity contribution in [1.82, 2.24) is 0 Å². The van der Waals surface area contributed by atoms with Gasteiger partial charge in [0.1, 0.15) is 12.3 Å². The number of benzene rings is 2. The van der Waals surface area contributed by atoms with Crippen molar-refractivity contribution in [3.63, 3.8) is 0 Å².